The molecule has 0 N–H and O–H groups in total. The van der Waals surface area contributed by atoms with E-state index in [-0.39, 0.29) is 0 Å². The summed E-state index contributed by atoms with van der Waals surface area (Å²) in [4.78, 5) is 0. The van der Waals surface area contributed by atoms with Gasteiger partial charge >= 0.3 is 0 Å². The third kappa shape index (κ3) is 11.4. The fourth-order valence-corrected chi connectivity index (χ4v) is 10.1. The molecule has 0 atom stereocenters. The number of rotatable bonds is 5. The van der Waals surface area contributed by atoms with Crippen molar-refractivity contribution in [2.45, 2.75) is 66.7 Å². The molecule has 0 amide bonds. The molecule has 0 aromatic heterocycles. The van der Waals surface area contributed by atoms with Crippen LogP contribution in [0.15, 0.2) is 249 Å². The lowest BCUT2D eigenvalue weighted by Crippen LogP contribution is -1.86. The van der Waals surface area contributed by atoms with Gasteiger partial charge in [-0.05, 0) is 176 Å². The van der Waals surface area contributed by atoms with Crippen LogP contribution in [-0.2, 0) is 32.1 Å². The maximum Gasteiger partial charge on any atom is -0.0146 e. The highest BCUT2D eigenvalue weighted by Crippen LogP contribution is 2.30. The van der Waals surface area contributed by atoms with Crippen molar-refractivity contribution < 1.29 is 0 Å². The van der Waals surface area contributed by atoms with Crippen molar-refractivity contribution in [2.75, 3.05) is 0 Å². The van der Waals surface area contributed by atoms with E-state index in [4.69, 9.17) is 0 Å². The zero-order valence-electron chi connectivity index (χ0n) is 42.7. The first-order valence-corrected chi connectivity index (χ1v) is 26.1. The lowest BCUT2D eigenvalue weighted by atomic mass is 9.95. The van der Waals surface area contributed by atoms with E-state index in [0.717, 1.165) is 32.1 Å². The molecule has 72 heavy (non-hydrogen) atoms. The molecule has 0 spiro atoms. The second kappa shape index (κ2) is 23.7. The van der Waals surface area contributed by atoms with Crippen LogP contribution in [0, 0.1) is 0 Å². The van der Waals surface area contributed by atoms with Gasteiger partial charge in [0.05, 0.1) is 0 Å². The molecule has 13 aromatic carbocycles. The van der Waals surface area contributed by atoms with Crippen molar-refractivity contribution in [1.82, 2.24) is 0 Å². The summed E-state index contributed by atoms with van der Waals surface area (Å²) in [7, 11) is 0. The normalized spacial score (nSPS) is 10.8. The molecule has 0 bridgehead atoms. The van der Waals surface area contributed by atoms with Gasteiger partial charge in [-0.3, -0.25) is 0 Å². The molecule has 0 heterocycles. The molecular formula is C72H66. The SMILES string of the molecule is CCc1c2ccccc2cc2ccccc12.CCc1ccc2cc3ccccc3cc2c1.CCc1ccc2ccccc2c1.CCc1cccc2cc3ccccc3cc12.CCc1cccc2ccccc12. The summed E-state index contributed by atoms with van der Waals surface area (Å²) in [6.45, 7) is 11.0. The minimum absolute atomic E-state index is 1.09. The van der Waals surface area contributed by atoms with Crippen molar-refractivity contribution in [3.05, 3.63) is 277 Å². The molecule has 0 aliphatic heterocycles. The Labute approximate surface area is 427 Å². The number of aryl methyl sites for hydroxylation is 5. The second-order valence-corrected chi connectivity index (χ2v) is 18.6. The van der Waals surface area contributed by atoms with Gasteiger partial charge in [-0.25, -0.2) is 0 Å². The minimum atomic E-state index is 1.09. The average molecular weight is 931 g/mol. The molecule has 354 valence electrons. The first-order valence-electron chi connectivity index (χ1n) is 26.1. The van der Waals surface area contributed by atoms with Gasteiger partial charge in [0.25, 0.3) is 0 Å². The predicted molar refractivity (Wildman–Crippen MR) is 319 cm³/mol. The Morgan fingerprint density at radius 3 is 1.06 bits per heavy atom. The summed E-state index contributed by atoms with van der Waals surface area (Å²) >= 11 is 0. The van der Waals surface area contributed by atoms with Crippen LogP contribution in [0.2, 0.25) is 0 Å². The van der Waals surface area contributed by atoms with Gasteiger partial charge in [0.2, 0.25) is 0 Å². The molecule has 0 saturated heterocycles. The maximum absolute atomic E-state index is 2.31. The van der Waals surface area contributed by atoms with Crippen LogP contribution in [0.4, 0.5) is 0 Å². The molecule has 13 aromatic rings. The van der Waals surface area contributed by atoms with Crippen LogP contribution >= 0.6 is 0 Å². The first-order chi connectivity index (χ1) is 35.5. The topological polar surface area (TPSA) is 0 Å². The van der Waals surface area contributed by atoms with Crippen LogP contribution in [0.25, 0.3) is 86.2 Å². The zero-order chi connectivity index (χ0) is 49.7. The average Bonchev–Trinajstić information content (AvgIpc) is 3.45. The molecule has 0 radical (unpaired) electrons. The highest BCUT2D eigenvalue weighted by atomic mass is 14.1. The number of hydrogen-bond acceptors (Lipinski definition) is 0. The van der Waals surface area contributed by atoms with E-state index in [1.54, 1.807) is 0 Å². The first kappa shape index (κ1) is 48.9. The van der Waals surface area contributed by atoms with Crippen LogP contribution in [0.5, 0.6) is 0 Å². The summed E-state index contributed by atoms with van der Waals surface area (Å²) in [5.74, 6) is 0. The van der Waals surface area contributed by atoms with Crippen LogP contribution in [0.1, 0.15) is 62.4 Å². The lowest BCUT2D eigenvalue weighted by Gasteiger charge is -2.09. The minimum Gasteiger partial charge on any atom is -0.0616 e. The molecule has 0 unspecified atom stereocenters. The van der Waals surface area contributed by atoms with Crippen LogP contribution in [0.3, 0.4) is 0 Å². The highest BCUT2D eigenvalue weighted by Gasteiger charge is 2.05. The molecule has 0 saturated carbocycles. The lowest BCUT2D eigenvalue weighted by molar-refractivity contribution is 1.15. The molecule has 0 aliphatic carbocycles. The third-order valence-corrected chi connectivity index (χ3v) is 14.1. The summed E-state index contributed by atoms with van der Waals surface area (Å²) in [5.41, 5.74) is 7.15. The van der Waals surface area contributed by atoms with E-state index < -0.39 is 0 Å². The van der Waals surface area contributed by atoms with Crippen molar-refractivity contribution in [2.24, 2.45) is 0 Å². The Morgan fingerprint density at radius 2 is 0.528 bits per heavy atom. The maximum atomic E-state index is 2.31. The van der Waals surface area contributed by atoms with Crippen LogP contribution in [-0.4, -0.2) is 0 Å². The van der Waals surface area contributed by atoms with E-state index in [0.29, 0.717) is 0 Å². The van der Waals surface area contributed by atoms with Crippen molar-refractivity contribution in [3.8, 4) is 0 Å². The van der Waals surface area contributed by atoms with Gasteiger partial charge < -0.3 is 0 Å². The fourth-order valence-electron chi connectivity index (χ4n) is 10.1. The van der Waals surface area contributed by atoms with Crippen LogP contribution < -0.4 is 0 Å². The number of fused-ring (bicyclic) bond motifs is 8. The Morgan fingerprint density at radius 1 is 0.194 bits per heavy atom. The van der Waals surface area contributed by atoms with Gasteiger partial charge in [-0.15, -0.1) is 0 Å². The largest absolute Gasteiger partial charge is 0.0616 e. The molecule has 0 nitrogen and oxygen atoms in total. The fraction of sp³-hybridized carbons (Fsp3) is 0.139. The Hall–Kier alpha value is -8.06. The monoisotopic (exact) mass is 931 g/mol. The van der Waals surface area contributed by atoms with Gasteiger partial charge in [-0.1, -0.05) is 253 Å². The molecule has 0 fully saturated rings. The van der Waals surface area contributed by atoms with E-state index in [2.05, 4.69) is 283 Å². The van der Waals surface area contributed by atoms with E-state index in [1.165, 1.54) is 114 Å². The number of hydrogen-bond donors (Lipinski definition) is 0. The zero-order valence-corrected chi connectivity index (χ0v) is 42.7. The predicted octanol–water partition coefficient (Wildman–Crippen LogP) is 20.5. The van der Waals surface area contributed by atoms with E-state index >= 15 is 0 Å². The molecule has 0 aliphatic rings. The summed E-state index contributed by atoms with van der Waals surface area (Å²) in [5, 5.41) is 21.6. The summed E-state index contributed by atoms with van der Waals surface area (Å²) in [6.07, 6.45) is 5.51. The highest BCUT2D eigenvalue weighted by molar-refractivity contribution is 6.03. The van der Waals surface area contributed by atoms with Gasteiger partial charge in [0.1, 0.15) is 0 Å². The van der Waals surface area contributed by atoms with E-state index in [9.17, 15) is 0 Å². The Kier molecular flexibility index (Phi) is 16.1. The van der Waals surface area contributed by atoms with Gasteiger partial charge in [0, 0.05) is 0 Å². The second-order valence-electron chi connectivity index (χ2n) is 18.6. The Bertz CT molecular complexity index is 3810. The quantitative estimate of drug-likeness (QED) is 0.151. The smallest absolute Gasteiger partial charge is 0.0146 e. The summed E-state index contributed by atoms with van der Waals surface area (Å²) < 4.78 is 0. The van der Waals surface area contributed by atoms with Crippen molar-refractivity contribution >= 4 is 86.2 Å². The Balaban J connectivity index is 0.000000112. The van der Waals surface area contributed by atoms with Gasteiger partial charge in [0.15, 0.2) is 0 Å². The van der Waals surface area contributed by atoms with Crippen molar-refractivity contribution in [3.63, 3.8) is 0 Å². The number of benzene rings is 13. The standard InChI is InChI=1S/3C16H14.2C12H12/c1-2-14-15-9-5-3-7-12(15)11-13-8-4-6-10-16(13)14;1-2-12-8-5-9-15-10-13-6-3-4-7-14(13)11-16(12)15;1-2-12-7-8-15-10-13-5-3-4-6-14(13)11-16(15)9-12;1-2-10-7-5-8-11-6-3-4-9-12(10)11;1-2-10-7-8-11-5-3-4-6-12(11)9-10/h3*3-11H,2H2,1H3;2*3-9H,2H2,1H3. The van der Waals surface area contributed by atoms with Crippen molar-refractivity contribution in [1.29, 1.82) is 0 Å². The molecular weight excluding hydrogens is 865 g/mol. The van der Waals surface area contributed by atoms with Gasteiger partial charge in [-0.2, -0.15) is 0 Å². The summed E-state index contributed by atoms with van der Waals surface area (Å²) in [6, 6.07) is 89.2. The third-order valence-electron chi connectivity index (χ3n) is 14.1. The molecule has 0 heteroatoms. The molecule has 13 rings (SSSR count). The van der Waals surface area contributed by atoms with E-state index in [1.807, 2.05) is 0 Å².